The fourth-order valence-corrected chi connectivity index (χ4v) is 3.24. The molecular formula is C17H22Cl2N2O3. The highest BCUT2D eigenvalue weighted by molar-refractivity contribution is 6.35. The highest BCUT2D eigenvalue weighted by atomic mass is 35.5. The first-order valence-electron chi connectivity index (χ1n) is 8.09. The molecule has 1 aromatic carbocycles. The van der Waals surface area contributed by atoms with Crippen molar-refractivity contribution in [1.82, 2.24) is 10.2 Å². The number of nitrogens with one attached hydrogen (secondary N) is 1. The van der Waals surface area contributed by atoms with Crippen LogP contribution in [0, 0.1) is 5.92 Å². The van der Waals surface area contributed by atoms with Gasteiger partial charge in [0.25, 0.3) is 0 Å². The SMILES string of the molecule is CCOC(=O)[C@@H]1CCCN(CC(=O)NCc2ccc(Cl)cc2Cl)C1. The van der Waals surface area contributed by atoms with E-state index in [0.717, 1.165) is 24.9 Å². The molecule has 7 heteroatoms. The minimum absolute atomic E-state index is 0.0921. The smallest absolute Gasteiger partial charge is 0.310 e. The summed E-state index contributed by atoms with van der Waals surface area (Å²) in [6.45, 7) is 4.18. The molecule has 1 aliphatic rings. The molecule has 1 saturated heterocycles. The lowest BCUT2D eigenvalue weighted by atomic mass is 9.98. The monoisotopic (exact) mass is 372 g/mol. The van der Waals surface area contributed by atoms with Crippen molar-refractivity contribution >= 4 is 35.1 Å². The topological polar surface area (TPSA) is 58.6 Å². The van der Waals surface area contributed by atoms with Crippen LogP contribution in [0.25, 0.3) is 0 Å². The molecule has 0 spiro atoms. The first kappa shape index (κ1) is 19.0. The molecule has 0 aromatic heterocycles. The zero-order chi connectivity index (χ0) is 17.5. The van der Waals surface area contributed by atoms with E-state index in [9.17, 15) is 9.59 Å². The molecule has 1 aliphatic heterocycles. The van der Waals surface area contributed by atoms with Crippen LogP contribution < -0.4 is 5.32 Å². The molecular weight excluding hydrogens is 351 g/mol. The molecule has 5 nitrogen and oxygen atoms in total. The summed E-state index contributed by atoms with van der Waals surface area (Å²) in [5.74, 6) is -0.404. The number of halogens is 2. The predicted molar refractivity (Wildman–Crippen MR) is 94.1 cm³/mol. The molecule has 0 bridgehead atoms. The van der Waals surface area contributed by atoms with Gasteiger partial charge in [-0.25, -0.2) is 0 Å². The van der Waals surface area contributed by atoms with Gasteiger partial charge < -0.3 is 10.1 Å². The van der Waals surface area contributed by atoms with Crippen molar-refractivity contribution in [1.29, 1.82) is 0 Å². The first-order valence-corrected chi connectivity index (χ1v) is 8.84. The molecule has 132 valence electrons. The minimum Gasteiger partial charge on any atom is -0.466 e. The van der Waals surface area contributed by atoms with Crippen molar-refractivity contribution in [3.05, 3.63) is 33.8 Å². The number of ether oxygens (including phenoxy) is 1. The first-order chi connectivity index (χ1) is 11.5. The Labute approximate surface area is 152 Å². The summed E-state index contributed by atoms with van der Waals surface area (Å²) in [6, 6.07) is 5.19. The van der Waals surface area contributed by atoms with Crippen molar-refractivity contribution in [2.75, 3.05) is 26.2 Å². The van der Waals surface area contributed by atoms with Gasteiger partial charge in [-0.05, 0) is 44.0 Å². The molecule has 1 aromatic rings. The van der Waals surface area contributed by atoms with Gasteiger partial charge in [0.1, 0.15) is 0 Å². The second-order valence-corrected chi connectivity index (χ2v) is 6.68. The van der Waals surface area contributed by atoms with Crippen LogP contribution >= 0.6 is 23.2 Å². The van der Waals surface area contributed by atoms with Crippen LogP contribution in [0.5, 0.6) is 0 Å². The van der Waals surface area contributed by atoms with E-state index in [1.165, 1.54) is 0 Å². The Morgan fingerprint density at radius 1 is 1.38 bits per heavy atom. The highest BCUT2D eigenvalue weighted by Gasteiger charge is 2.27. The molecule has 0 radical (unpaired) electrons. The Kier molecular flexibility index (Phi) is 7.34. The second-order valence-electron chi connectivity index (χ2n) is 5.84. The maximum Gasteiger partial charge on any atom is 0.310 e. The number of nitrogens with zero attached hydrogens (tertiary/aromatic N) is 1. The fourth-order valence-electron chi connectivity index (χ4n) is 2.77. The largest absolute Gasteiger partial charge is 0.466 e. The van der Waals surface area contributed by atoms with E-state index in [-0.39, 0.29) is 24.3 Å². The number of hydrogen-bond donors (Lipinski definition) is 1. The molecule has 2 rings (SSSR count). The Balaban J connectivity index is 1.80. The average Bonchev–Trinajstić information content (AvgIpc) is 2.54. The average molecular weight is 373 g/mol. The standard InChI is InChI=1S/C17H22Cl2N2O3/c1-2-24-17(23)13-4-3-7-21(10-13)11-16(22)20-9-12-5-6-14(18)8-15(12)19/h5-6,8,13H,2-4,7,9-11H2,1H3,(H,20,22)/t13-/m1/s1. The number of amides is 1. The minimum atomic E-state index is -0.171. The van der Waals surface area contributed by atoms with Gasteiger partial charge in [-0.1, -0.05) is 29.3 Å². The maximum absolute atomic E-state index is 12.1. The van der Waals surface area contributed by atoms with Crippen LogP contribution in [0.1, 0.15) is 25.3 Å². The van der Waals surface area contributed by atoms with Gasteiger partial charge in [-0.2, -0.15) is 0 Å². The summed E-state index contributed by atoms with van der Waals surface area (Å²) in [5, 5.41) is 3.95. The van der Waals surface area contributed by atoms with E-state index in [2.05, 4.69) is 5.32 Å². The quantitative estimate of drug-likeness (QED) is 0.779. The van der Waals surface area contributed by atoms with E-state index in [1.807, 2.05) is 4.90 Å². The van der Waals surface area contributed by atoms with Crippen LogP contribution in [-0.4, -0.2) is 43.0 Å². The fraction of sp³-hybridized carbons (Fsp3) is 0.529. The Morgan fingerprint density at radius 2 is 2.17 bits per heavy atom. The van der Waals surface area contributed by atoms with E-state index in [0.29, 0.717) is 29.7 Å². The lowest BCUT2D eigenvalue weighted by Gasteiger charge is -2.30. The third-order valence-electron chi connectivity index (χ3n) is 3.98. The zero-order valence-electron chi connectivity index (χ0n) is 13.7. The molecule has 1 atom stereocenters. The number of benzene rings is 1. The Hall–Kier alpha value is -1.30. The number of carbonyl (C=O) groups excluding carboxylic acids is 2. The van der Waals surface area contributed by atoms with Crippen LogP contribution in [-0.2, 0) is 20.9 Å². The van der Waals surface area contributed by atoms with E-state index in [1.54, 1.807) is 25.1 Å². The van der Waals surface area contributed by atoms with Gasteiger partial charge in [0.05, 0.1) is 19.1 Å². The van der Waals surface area contributed by atoms with E-state index in [4.69, 9.17) is 27.9 Å². The third kappa shape index (κ3) is 5.65. The molecule has 1 N–H and O–H groups in total. The maximum atomic E-state index is 12.1. The number of likely N-dealkylation sites (tertiary alicyclic amines) is 1. The number of piperidine rings is 1. The summed E-state index contributed by atoms with van der Waals surface area (Å²) in [5.41, 5.74) is 0.817. The van der Waals surface area contributed by atoms with Crippen LogP contribution in [0.3, 0.4) is 0 Å². The van der Waals surface area contributed by atoms with Gasteiger partial charge in [0.15, 0.2) is 0 Å². The number of rotatable bonds is 6. The van der Waals surface area contributed by atoms with Gasteiger partial charge >= 0.3 is 5.97 Å². The molecule has 1 amide bonds. The van der Waals surface area contributed by atoms with E-state index >= 15 is 0 Å². The summed E-state index contributed by atoms with van der Waals surface area (Å²) < 4.78 is 5.07. The molecule has 1 fully saturated rings. The summed E-state index contributed by atoms with van der Waals surface area (Å²) in [4.78, 5) is 25.9. The highest BCUT2D eigenvalue weighted by Crippen LogP contribution is 2.21. The lowest BCUT2D eigenvalue weighted by Crippen LogP contribution is -2.44. The normalized spacial score (nSPS) is 18.2. The molecule has 1 heterocycles. The van der Waals surface area contributed by atoms with Crippen LogP contribution in [0.15, 0.2) is 18.2 Å². The Bertz CT molecular complexity index is 595. The molecule has 24 heavy (non-hydrogen) atoms. The van der Waals surface area contributed by atoms with Gasteiger partial charge in [0, 0.05) is 23.1 Å². The lowest BCUT2D eigenvalue weighted by molar-refractivity contribution is -0.150. The Morgan fingerprint density at radius 3 is 2.88 bits per heavy atom. The van der Waals surface area contributed by atoms with Crippen molar-refractivity contribution in [2.24, 2.45) is 5.92 Å². The molecule has 0 aliphatic carbocycles. The number of carbonyl (C=O) groups is 2. The van der Waals surface area contributed by atoms with Crippen molar-refractivity contribution in [3.63, 3.8) is 0 Å². The van der Waals surface area contributed by atoms with Gasteiger partial charge in [0.2, 0.25) is 5.91 Å². The van der Waals surface area contributed by atoms with E-state index < -0.39 is 0 Å². The van der Waals surface area contributed by atoms with Crippen molar-refractivity contribution in [3.8, 4) is 0 Å². The van der Waals surface area contributed by atoms with Crippen molar-refractivity contribution < 1.29 is 14.3 Å². The van der Waals surface area contributed by atoms with Crippen LogP contribution in [0.2, 0.25) is 10.0 Å². The van der Waals surface area contributed by atoms with Crippen molar-refractivity contribution in [2.45, 2.75) is 26.3 Å². The third-order valence-corrected chi connectivity index (χ3v) is 4.57. The second kappa shape index (κ2) is 9.25. The molecule has 0 saturated carbocycles. The number of hydrogen-bond acceptors (Lipinski definition) is 4. The zero-order valence-corrected chi connectivity index (χ0v) is 15.2. The predicted octanol–water partition coefficient (Wildman–Crippen LogP) is 2.88. The molecule has 0 unspecified atom stereocenters. The summed E-state index contributed by atoms with van der Waals surface area (Å²) in [7, 11) is 0. The summed E-state index contributed by atoms with van der Waals surface area (Å²) in [6.07, 6.45) is 1.71. The summed E-state index contributed by atoms with van der Waals surface area (Å²) >= 11 is 11.9. The van der Waals surface area contributed by atoms with Crippen LogP contribution in [0.4, 0.5) is 0 Å². The number of esters is 1. The van der Waals surface area contributed by atoms with Gasteiger partial charge in [-0.15, -0.1) is 0 Å². The van der Waals surface area contributed by atoms with Gasteiger partial charge in [-0.3, -0.25) is 14.5 Å².